The third-order valence-corrected chi connectivity index (χ3v) is 1.67. The van der Waals surface area contributed by atoms with E-state index < -0.39 is 0 Å². The van der Waals surface area contributed by atoms with Crippen LogP contribution in [0.2, 0.25) is 0 Å². The van der Waals surface area contributed by atoms with Gasteiger partial charge in [0, 0.05) is 7.05 Å². The van der Waals surface area contributed by atoms with Gasteiger partial charge in [-0.25, -0.2) is 4.99 Å². The maximum absolute atomic E-state index is 8.63. The van der Waals surface area contributed by atoms with Crippen LogP contribution < -0.4 is 5.73 Å². The third-order valence-electron chi connectivity index (χ3n) is 1.67. The monoisotopic (exact) mass is 210 g/mol. The maximum atomic E-state index is 8.63. The van der Waals surface area contributed by atoms with Crippen molar-refractivity contribution in [1.29, 1.82) is 0 Å². The Labute approximate surface area is 91.3 Å². The van der Waals surface area contributed by atoms with Crippen LogP contribution in [0.3, 0.4) is 0 Å². The molecule has 0 spiro atoms. The molecule has 0 aliphatic carbocycles. The lowest BCUT2D eigenvalue weighted by molar-refractivity contribution is -0.778. The number of rotatable bonds is 0. The molecule has 0 unspecified atom stereocenters. The van der Waals surface area contributed by atoms with Crippen molar-refractivity contribution < 1.29 is 9.59 Å². The van der Waals surface area contributed by atoms with Crippen molar-refractivity contribution in [3.05, 3.63) is 30.3 Å². The van der Waals surface area contributed by atoms with Crippen LogP contribution in [0.5, 0.6) is 5.75 Å². The molecule has 0 fully saturated rings. The second-order valence-corrected chi connectivity index (χ2v) is 3.93. The fourth-order valence-corrected chi connectivity index (χ4v) is 0.728. The highest BCUT2D eigenvalue weighted by Crippen LogP contribution is 2.02. The van der Waals surface area contributed by atoms with E-state index >= 15 is 0 Å². The topological polar surface area (TPSA) is 58.6 Å². The van der Waals surface area contributed by atoms with E-state index in [2.05, 4.69) is 4.99 Å². The van der Waals surface area contributed by atoms with Crippen LogP contribution in [0, 0.1) is 0 Å². The number of aromatic hydroxyl groups is 1. The zero-order valence-corrected chi connectivity index (χ0v) is 9.81. The quantitative estimate of drug-likeness (QED) is 0.382. The van der Waals surface area contributed by atoms with Gasteiger partial charge in [0.25, 0.3) is 5.96 Å². The van der Waals surface area contributed by atoms with Crippen LogP contribution in [0.15, 0.2) is 35.3 Å². The summed E-state index contributed by atoms with van der Waals surface area (Å²) in [6.45, 7) is 0. The first-order valence-electron chi connectivity index (χ1n) is 4.66. The van der Waals surface area contributed by atoms with Crippen molar-refractivity contribution in [3.8, 4) is 5.75 Å². The summed E-state index contributed by atoms with van der Waals surface area (Å²) in [5.41, 5.74) is 5.47. The maximum Gasteiger partial charge on any atom is 0.294 e. The number of nitrogens with two attached hydrogens (primary N) is 1. The van der Waals surface area contributed by atoms with Gasteiger partial charge >= 0.3 is 0 Å². The van der Waals surface area contributed by atoms with Crippen molar-refractivity contribution >= 4 is 5.96 Å². The predicted octanol–water partition coefficient (Wildman–Crippen LogP) is 1.03. The number of para-hydroxylation sites is 1. The molecule has 3 N–H and O–H groups in total. The highest BCUT2D eigenvalue weighted by molar-refractivity contribution is 5.70. The Morgan fingerprint density at radius 1 is 1.20 bits per heavy atom. The van der Waals surface area contributed by atoms with Gasteiger partial charge in [-0.3, -0.25) is 4.48 Å². The van der Waals surface area contributed by atoms with E-state index in [4.69, 9.17) is 10.8 Å². The molecule has 4 nitrogen and oxygen atoms in total. The fraction of sp³-hybridized carbons (Fsp3) is 0.364. The number of phenols is 1. The lowest BCUT2D eigenvalue weighted by Crippen LogP contribution is -2.46. The van der Waals surface area contributed by atoms with Crippen LogP contribution in [0.4, 0.5) is 0 Å². The van der Waals surface area contributed by atoms with E-state index in [0.29, 0.717) is 16.2 Å². The van der Waals surface area contributed by atoms with Crippen LogP contribution in [0.25, 0.3) is 0 Å². The second-order valence-electron chi connectivity index (χ2n) is 3.93. The van der Waals surface area contributed by atoms with E-state index in [0.717, 1.165) is 0 Å². The van der Waals surface area contributed by atoms with Crippen molar-refractivity contribution in [2.45, 2.75) is 0 Å². The Bertz CT molecular complexity index is 301. The van der Waals surface area contributed by atoms with Gasteiger partial charge in [-0.15, -0.1) is 0 Å². The van der Waals surface area contributed by atoms with Gasteiger partial charge in [0.2, 0.25) is 0 Å². The molecule has 0 heterocycles. The zero-order chi connectivity index (χ0) is 11.9. The minimum absolute atomic E-state index is 0.322. The smallest absolute Gasteiger partial charge is 0.294 e. The first kappa shape index (κ1) is 13.4. The molecule has 0 aliphatic heterocycles. The Kier molecular flexibility index (Phi) is 5.41. The summed E-state index contributed by atoms with van der Waals surface area (Å²) in [5.74, 6) is 0.965. The Hall–Kier alpha value is -1.55. The molecule has 0 saturated carbocycles. The largest absolute Gasteiger partial charge is 0.508 e. The number of phenolic OH excluding ortho intramolecular Hbond substituents is 1. The van der Waals surface area contributed by atoms with E-state index in [1.807, 2.05) is 27.2 Å². The predicted molar refractivity (Wildman–Crippen MR) is 63.7 cm³/mol. The highest BCUT2D eigenvalue weighted by atomic mass is 16.3. The molecule has 1 aromatic carbocycles. The molecule has 0 amide bonds. The van der Waals surface area contributed by atoms with E-state index in [1.165, 1.54) is 0 Å². The Balaban J connectivity index is 0.000000262. The van der Waals surface area contributed by atoms with Gasteiger partial charge in [0.05, 0.1) is 21.1 Å². The van der Waals surface area contributed by atoms with E-state index in [1.54, 1.807) is 31.3 Å². The molecular weight excluding hydrogens is 190 g/mol. The van der Waals surface area contributed by atoms with Crippen LogP contribution >= 0.6 is 0 Å². The van der Waals surface area contributed by atoms with Crippen LogP contribution in [-0.2, 0) is 0 Å². The summed E-state index contributed by atoms with van der Waals surface area (Å²) in [4.78, 5) is 3.83. The highest BCUT2D eigenvalue weighted by Gasteiger charge is 2.10. The number of hydrogen-bond donors (Lipinski definition) is 2. The number of nitrogens with zero attached hydrogens (tertiary/aromatic N) is 2. The molecule has 0 aromatic heterocycles. The molecule has 0 bridgehead atoms. The van der Waals surface area contributed by atoms with Crippen LogP contribution in [0.1, 0.15) is 0 Å². The van der Waals surface area contributed by atoms with Crippen molar-refractivity contribution in [2.24, 2.45) is 10.7 Å². The van der Waals surface area contributed by atoms with Gasteiger partial charge in [-0.2, -0.15) is 0 Å². The molecule has 0 saturated heterocycles. The normalized spacial score (nSPS) is 11.6. The first-order valence-corrected chi connectivity index (χ1v) is 4.66. The SMILES string of the molecule is CN=C(N)[N+](C)(C)C.Oc1ccccc1. The van der Waals surface area contributed by atoms with Crippen LogP contribution in [-0.4, -0.2) is 43.7 Å². The molecule has 0 aliphatic rings. The van der Waals surface area contributed by atoms with Crippen molar-refractivity contribution in [1.82, 2.24) is 0 Å². The summed E-state index contributed by atoms with van der Waals surface area (Å²) in [6.07, 6.45) is 0. The first-order chi connectivity index (χ1) is 6.88. The summed E-state index contributed by atoms with van der Waals surface area (Å²) < 4.78 is 0.608. The number of hydrogen-bond acceptors (Lipinski definition) is 2. The summed E-state index contributed by atoms with van der Waals surface area (Å²) in [6, 6.07) is 8.71. The average molecular weight is 210 g/mol. The van der Waals surface area contributed by atoms with Gasteiger partial charge in [-0.1, -0.05) is 18.2 Å². The number of benzene rings is 1. The van der Waals surface area contributed by atoms with Gasteiger partial charge in [0.1, 0.15) is 5.75 Å². The molecule has 1 aromatic rings. The molecule has 84 valence electrons. The fourth-order valence-electron chi connectivity index (χ4n) is 0.728. The molecule has 0 atom stereocenters. The van der Waals surface area contributed by atoms with E-state index in [-0.39, 0.29) is 0 Å². The minimum Gasteiger partial charge on any atom is -0.508 e. The molecule has 1 rings (SSSR count). The molecule has 15 heavy (non-hydrogen) atoms. The lowest BCUT2D eigenvalue weighted by Gasteiger charge is -2.20. The average Bonchev–Trinajstić information content (AvgIpc) is 2.17. The molecule has 4 heteroatoms. The third kappa shape index (κ3) is 6.51. The van der Waals surface area contributed by atoms with Gasteiger partial charge < -0.3 is 10.8 Å². The molecule has 0 radical (unpaired) electrons. The summed E-state index contributed by atoms with van der Waals surface area (Å²) in [5, 5.41) is 8.63. The Morgan fingerprint density at radius 3 is 1.80 bits per heavy atom. The van der Waals surface area contributed by atoms with Crippen molar-refractivity contribution in [2.75, 3.05) is 28.2 Å². The lowest BCUT2D eigenvalue weighted by atomic mass is 10.3. The summed E-state index contributed by atoms with van der Waals surface area (Å²) in [7, 11) is 7.62. The summed E-state index contributed by atoms with van der Waals surface area (Å²) >= 11 is 0. The van der Waals surface area contributed by atoms with E-state index in [9.17, 15) is 0 Å². The van der Waals surface area contributed by atoms with Gasteiger partial charge in [-0.05, 0) is 12.1 Å². The standard InChI is InChI=1S/C6H6O.C5H14N3/c7-6-4-2-1-3-5-6;1-7-5(6)8(2,3)4/h1-5,7H;1-4H3,(H2,6,7)/q;+1. The minimum atomic E-state index is 0.322. The number of quaternary nitrogens is 1. The number of guanidine groups is 1. The second kappa shape index (κ2) is 6.03. The zero-order valence-electron chi connectivity index (χ0n) is 9.81. The molecular formula is C11H20N3O+. The number of aliphatic imine (C=N–C) groups is 1. The van der Waals surface area contributed by atoms with Crippen molar-refractivity contribution in [3.63, 3.8) is 0 Å². The Morgan fingerprint density at radius 2 is 1.67 bits per heavy atom. The van der Waals surface area contributed by atoms with Gasteiger partial charge in [0.15, 0.2) is 0 Å².